The summed E-state index contributed by atoms with van der Waals surface area (Å²) in [5.41, 5.74) is 2.77. The van der Waals surface area contributed by atoms with Crippen LogP contribution in [0.3, 0.4) is 0 Å². The first-order valence-electron chi connectivity index (χ1n) is 8.88. The third-order valence-electron chi connectivity index (χ3n) is 4.46. The van der Waals surface area contributed by atoms with Gasteiger partial charge in [-0.25, -0.2) is 0 Å². The normalized spacial score (nSPS) is 10.4. The molecule has 0 spiro atoms. The van der Waals surface area contributed by atoms with Crippen LogP contribution in [0.15, 0.2) is 48.5 Å². The Morgan fingerprint density at radius 2 is 1.00 bits per heavy atom. The molecule has 0 bridgehead atoms. The smallest absolute Gasteiger partial charge is 0.305 e. The molecule has 0 radical (unpaired) electrons. The number of carboxylic acid groups (broad SMARTS) is 2. The zero-order valence-corrected chi connectivity index (χ0v) is 16.0. The van der Waals surface area contributed by atoms with Crippen molar-refractivity contribution < 1.29 is 24.6 Å². The summed E-state index contributed by atoms with van der Waals surface area (Å²) in [4.78, 5) is 37.6. The zero-order chi connectivity index (χ0) is 20.7. The summed E-state index contributed by atoms with van der Waals surface area (Å²) in [5.74, 6) is -1.81. The van der Waals surface area contributed by atoms with E-state index in [4.69, 9.17) is 10.2 Å². The minimum absolute atomic E-state index is 0.0461. The summed E-state index contributed by atoms with van der Waals surface area (Å²) in [5, 5.41) is 17.5. The lowest BCUT2D eigenvalue weighted by Crippen LogP contribution is -2.21. The molecule has 2 aromatic carbocycles. The predicted octanol–water partition coefficient (Wildman–Crippen LogP) is 2.74. The third-order valence-corrected chi connectivity index (χ3v) is 4.46. The number of aliphatic carboxylic acids is 2. The number of ketones is 1. The Hall–Kier alpha value is -3.35. The van der Waals surface area contributed by atoms with Crippen molar-refractivity contribution in [3.05, 3.63) is 59.7 Å². The molecule has 7 heteroatoms. The topological polar surface area (TPSA) is 98.2 Å². The number of hydrogen-bond acceptors (Lipinski definition) is 5. The van der Waals surface area contributed by atoms with Crippen molar-refractivity contribution in [3.8, 4) is 0 Å². The fourth-order valence-corrected chi connectivity index (χ4v) is 2.69. The van der Waals surface area contributed by atoms with Gasteiger partial charge in [0.1, 0.15) is 0 Å². The van der Waals surface area contributed by atoms with Gasteiger partial charge in [-0.3, -0.25) is 14.4 Å². The molecule has 0 unspecified atom stereocenters. The molecule has 0 saturated carbocycles. The van der Waals surface area contributed by atoms with E-state index in [9.17, 15) is 14.4 Å². The maximum Gasteiger partial charge on any atom is 0.305 e. The fourth-order valence-electron chi connectivity index (χ4n) is 2.69. The van der Waals surface area contributed by atoms with Gasteiger partial charge in [-0.1, -0.05) is 0 Å². The van der Waals surface area contributed by atoms with Crippen molar-refractivity contribution in [1.82, 2.24) is 0 Å². The van der Waals surface area contributed by atoms with Gasteiger partial charge < -0.3 is 20.0 Å². The van der Waals surface area contributed by atoms with Gasteiger partial charge in [0.05, 0.1) is 12.8 Å². The minimum Gasteiger partial charge on any atom is -0.481 e. The largest absolute Gasteiger partial charge is 0.481 e. The number of carboxylic acids is 2. The van der Waals surface area contributed by atoms with Crippen LogP contribution in [0.4, 0.5) is 11.4 Å². The number of carbonyl (C=O) groups is 3. The first kappa shape index (κ1) is 21.0. The number of carbonyl (C=O) groups excluding carboxylic acids is 1. The molecule has 0 aromatic heterocycles. The Kier molecular flexibility index (Phi) is 7.14. The molecule has 0 heterocycles. The van der Waals surface area contributed by atoms with Gasteiger partial charge in [0.25, 0.3) is 0 Å². The molecule has 0 amide bonds. The Bertz CT molecular complexity index is 761. The molecular formula is C21H24N2O5. The minimum atomic E-state index is -0.851. The molecule has 0 aliphatic carbocycles. The second kappa shape index (κ2) is 9.55. The summed E-state index contributed by atoms with van der Waals surface area (Å²) in [6, 6.07) is 14.1. The van der Waals surface area contributed by atoms with E-state index in [-0.39, 0.29) is 18.6 Å². The average molecular weight is 384 g/mol. The van der Waals surface area contributed by atoms with Crippen LogP contribution < -0.4 is 9.80 Å². The highest BCUT2D eigenvalue weighted by Crippen LogP contribution is 2.19. The Labute approximate surface area is 163 Å². The highest BCUT2D eigenvalue weighted by Gasteiger charge is 2.11. The van der Waals surface area contributed by atoms with Crippen molar-refractivity contribution in [2.24, 2.45) is 0 Å². The van der Waals surface area contributed by atoms with Crippen molar-refractivity contribution in [1.29, 1.82) is 0 Å². The SMILES string of the molecule is CN(CCC(=O)O)c1ccc(C(=O)c2ccc(N(C)CCC(=O)O)cc2)cc1. The molecule has 2 N–H and O–H groups in total. The van der Waals surface area contributed by atoms with E-state index in [0.717, 1.165) is 11.4 Å². The molecule has 2 aromatic rings. The van der Waals surface area contributed by atoms with E-state index < -0.39 is 11.9 Å². The van der Waals surface area contributed by atoms with E-state index in [1.54, 1.807) is 62.6 Å². The molecular weight excluding hydrogens is 360 g/mol. The second-order valence-corrected chi connectivity index (χ2v) is 6.55. The predicted molar refractivity (Wildman–Crippen MR) is 107 cm³/mol. The van der Waals surface area contributed by atoms with Gasteiger partial charge in [-0.05, 0) is 48.5 Å². The highest BCUT2D eigenvalue weighted by molar-refractivity contribution is 6.09. The summed E-state index contributed by atoms with van der Waals surface area (Å²) in [7, 11) is 3.61. The Morgan fingerprint density at radius 3 is 1.29 bits per heavy atom. The number of rotatable bonds is 10. The maximum absolute atomic E-state index is 12.7. The van der Waals surface area contributed by atoms with Crippen LogP contribution in [0.25, 0.3) is 0 Å². The Morgan fingerprint density at radius 1 is 0.679 bits per heavy atom. The number of nitrogens with zero attached hydrogens (tertiary/aromatic N) is 2. The molecule has 0 atom stereocenters. The average Bonchev–Trinajstić information content (AvgIpc) is 2.69. The zero-order valence-electron chi connectivity index (χ0n) is 16.0. The van der Waals surface area contributed by atoms with Gasteiger partial charge >= 0.3 is 11.9 Å². The van der Waals surface area contributed by atoms with E-state index in [0.29, 0.717) is 24.2 Å². The van der Waals surface area contributed by atoms with Crippen molar-refractivity contribution in [2.45, 2.75) is 12.8 Å². The molecule has 7 nitrogen and oxygen atoms in total. The number of anilines is 2. The molecule has 0 fully saturated rings. The van der Waals surface area contributed by atoms with Crippen LogP contribution in [-0.4, -0.2) is 55.1 Å². The molecule has 148 valence electrons. The maximum atomic E-state index is 12.7. The lowest BCUT2D eigenvalue weighted by molar-refractivity contribution is -0.137. The molecule has 0 aliphatic rings. The molecule has 28 heavy (non-hydrogen) atoms. The van der Waals surface area contributed by atoms with Crippen LogP contribution >= 0.6 is 0 Å². The lowest BCUT2D eigenvalue weighted by atomic mass is 10.0. The summed E-state index contributed by atoms with van der Waals surface area (Å²) >= 11 is 0. The monoisotopic (exact) mass is 384 g/mol. The quantitative estimate of drug-likeness (QED) is 0.608. The van der Waals surface area contributed by atoms with Crippen molar-refractivity contribution >= 4 is 29.1 Å². The Balaban J connectivity index is 2.03. The van der Waals surface area contributed by atoms with E-state index in [1.807, 2.05) is 9.80 Å². The standard InChI is InChI=1S/C21H24N2O5/c1-22(13-11-19(24)25)17-7-3-15(4-8-17)21(28)16-5-9-18(10-6-16)23(2)14-12-20(26)27/h3-10H,11-14H2,1-2H3,(H,24,25)(H,26,27). The molecule has 2 rings (SSSR count). The number of benzene rings is 2. The van der Waals surface area contributed by atoms with Gasteiger partial charge in [-0.15, -0.1) is 0 Å². The van der Waals surface area contributed by atoms with Gasteiger partial charge in [0.15, 0.2) is 5.78 Å². The summed E-state index contributed by atoms with van der Waals surface area (Å²) in [6.45, 7) is 0.777. The first-order chi connectivity index (χ1) is 13.3. The van der Waals surface area contributed by atoms with Crippen LogP contribution in [0.2, 0.25) is 0 Å². The van der Waals surface area contributed by atoms with E-state index in [2.05, 4.69) is 0 Å². The van der Waals surface area contributed by atoms with Gasteiger partial charge in [0.2, 0.25) is 0 Å². The van der Waals surface area contributed by atoms with E-state index >= 15 is 0 Å². The van der Waals surface area contributed by atoms with Crippen molar-refractivity contribution in [3.63, 3.8) is 0 Å². The molecule has 0 saturated heterocycles. The van der Waals surface area contributed by atoms with Crippen LogP contribution in [0, 0.1) is 0 Å². The van der Waals surface area contributed by atoms with Crippen LogP contribution in [-0.2, 0) is 9.59 Å². The first-order valence-corrected chi connectivity index (χ1v) is 8.88. The van der Waals surface area contributed by atoms with Crippen LogP contribution in [0.5, 0.6) is 0 Å². The third kappa shape index (κ3) is 5.84. The summed E-state index contributed by atoms with van der Waals surface area (Å²) in [6.07, 6.45) is 0.0921. The van der Waals surface area contributed by atoms with Crippen LogP contribution in [0.1, 0.15) is 28.8 Å². The molecule has 0 aliphatic heterocycles. The summed E-state index contributed by atoms with van der Waals surface area (Å²) < 4.78 is 0. The van der Waals surface area contributed by atoms with E-state index in [1.165, 1.54) is 0 Å². The fraction of sp³-hybridized carbons (Fsp3) is 0.286. The van der Waals surface area contributed by atoms with Crippen molar-refractivity contribution in [2.75, 3.05) is 37.0 Å². The second-order valence-electron chi connectivity index (χ2n) is 6.55. The van der Waals surface area contributed by atoms with Gasteiger partial charge in [-0.2, -0.15) is 0 Å². The highest BCUT2D eigenvalue weighted by atomic mass is 16.4. The number of hydrogen-bond donors (Lipinski definition) is 2. The van der Waals surface area contributed by atoms with Gasteiger partial charge in [0, 0.05) is 49.7 Å². The lowest BCUT2D eigenvalue weighted by Gasteiger charge is -2.19.